The number of amides is 1. The molecule has 0 aliphatic rings. The minimum atomic E-state index is -0.446. The molecule has 26 heavy (non-hydrogen) atoms. The van der Waals surface area contributed by atoms with Crippen LogP contribution in [0.5, 0.6) is 0 Å². The highest BCUT2D eigenvalue weighted by Gasteiger charge is 2.18. The van der Waals surface area contributed by atoms with Gasteiger partial charge in [0, 0.05) is 23.5 Å². The highest BCUT2D eigenvalue weighted by atomic mass is 16.6. The number of aromatic nitrogens is 3. The number of carbonyl (C=O) groups excluding carboxylic acids is 1. The molecule has 3 rings (SSSR count). The molecule has 1 amide bonds. The van der Waals surface area contributed by atoms with Crippen LogP contribution in [0.1, 0.15) is 28.5 Å². The van der Waals surface area contributed by atoms with E-state index in [9.17, 15) is 14.9 Å². The number of nitrogens with zero attached hydrogens (tertiary/aromatic N) is 4. The van der Waals surface area contributed by atoms with Crippen molar-refractivity contribution < 1.29 is 9.72 Å². The summed E-state index contributed by atoms with van der Waals surface area (Å²) in [7, 11) is 0. The Kier molecular flexibility index (Phi) is 4.74. The Bertz CT molecular complexity index is 966. The van der Waals surface area contributed by atoms with Gasteiger partial charge in [-0.1, -0.05) is 19.1 Å². The van der Waals surface area contributed by atoms with Crippen LogP contribution in [0.15, 0.2) is 48.8 Å². The van der Waals surface area contributed by atoms with Gasteiger partial charge in [0.2, 0.25) is 0 Å². The molecule has 0 saturated carbocycles. The molecule has 0 spiro atoms. The molecule has 0 bridgehead atoms. The highest BCUT2D eigenvalue weighted by Crippen LogP contribution is 2.24. The van der Waals surface area contributed by atoms with Crippen LogP contribution in [0.3, 0.4) is 0 Å². The molecule has 0 aliphatic heterocycles. The largest absolute Gasteiger partial charge is 0.322 e. The van der Waals surface area contributed by atoms with Crippen molar-refractivity contribution in [2.45, 2.75) is 20.3 Å². The van der Waals surface area contributed by atoms with Gasteiger partial charge in [0.05, 0.1) is 22.4 Å². The van der Waals surface area contributed by atoms with Crippen molar-refractivity contribution in [3.05, 3.63) is 75.7 Å². The molecule has 0 radical (unpaired) electrons. The smallest absolute Gasteiger partial charge is 0.274 e. The van der Waals surface area contributed by atoms with Gasteiger partial charge in [0.15, 0.2) is 5.82 Å². The third-order valence-corrected chi connectivity index (χ3v) is 4.04. The maximum Gasteiger partial charge on any atom is 0.274 e. The maximum absolute atomic E-state index is 12.6. The molecule has 2 aromatic heterocycles. The van der Waals surface area contributed by atoms with E-state index >= 15 is 0 Å². The number of nitrogens with one attached hydrogen (secondary N) is 1. The number of hydrogen-bond acceptors (Lipinski definition) is 5. The number of aryl methyl sites for hydroxylation is 1. The Balaban J connectivity index is 1.87. The van der Waals surface area contributed by atoms with Crippen molar-refractivity contribution in [3.63, 3.8) is 0 Å². The summed E-state index contributed by atoms with van der Waals surface area (Å²) in [6.07, 6.45) is 3.64. The lowest BCUT2D eigenvalue weighted by Crippen LogP contribution is -2.13. The van der Waals surface area contributed by atoms with E-state index in [1.165, 1.54) is 12.3 Å². The summed E-state index contributed by atoms with van der Waals surface area (Å²) in [5, 5.41) is 18.1. The van der Waals surface area contributed by atoms with Gasteiger partial charge in [-0.25, -0.2) is 9.67 Å². The van der Waals surface area contributed by atoms with Crippen molar-refractivity contribution in [2.75, 3.05) is 5.32 Å². The van der Waals surface area contributed by atoms with E-state index < -0.39 is 4.92 Å². The lowest BCUT2D eigenvalue weighted by Gasteiger charge is -2.07. The molecule has 132 valence electrons. The molecular weight excluding hydrogens is 334 g/mol. The summed E-state index contributed by atoms with van der Waals surface area (Å²) >= 11 is 0. The van der Waals surface area contributed by atoms with Crippen molar-refractivity contribution in [1.82, 2.24) is 14.8 Å². The SMILES string of the molecule is CCc1ccc(NC(=O)c2cnn(-c3ccccn3)c2C)cc1[N+](=O)[O-]. The van der Waals surface area contributed by atoms with Gasteiger partial charge in [0.1, 0.15) is 0 Å². The average molecular weight is 351 g/mol. The number of benzene rings is 1. The summed E-state index contributed by atoms with van der Waals surface area (Å²) in [4.78, 5) is 27.5. The third-order valence-electron chi connectivity index (χ3n) is 4.04. The van der Waals surface area contributed by atoms with E-state index in [2.05, 4.69) is 15.4 Å². The Hall–Kier alpha value is -3.55. The van der Waals surface area contributed by atoms with Crippen LogP contribution in [0.2, 0.25) is 0 Å². The van der Waals surface area contributed by atoms with E-state index in [4.69, 9.17) is 0 Å². The number of anilines is 1. The topological polar surface area (TPSA) is 103 Å². The minimum Gasteiger partial charge on any atom is -0.322 e. The molecular formula is C18H17N5O3. The second-order valence-electron chi connectivity index (χ2n) is 5.65. The van der Waals surface area contributed by atoms with Gasteiger partial charge in [-0.2, -0.15) is 5.10 Å². The number of nitro groups is 1. The first-order chi connectivity index (χ1) is 12.5. The Morgan fingerprint density at radius 1 is 1.31 bits per heavy atom. The Morgan fingerprint density at radius 3 is 2.77 bits per heavy atom. The molecule has 0 fully saturated rings. The van der Waals surface area contributed by atoms with Crippen molar-refractivity contribution in [2.24, 2.45) is 0 Å². The molecule has 8 nitrogen and oxygen atoms in total. The van der Waals surface area contributed by atoms with Crippen LogP contribution in [0.25, 0.3) is 5.82 Å². The van der Waals surface area contributed by atoms with Crippen molar-refractivity contribution in [1.29, 1.82) is 0 Å². The second-order valence-corrected chi connectivity index (χ2v) is 5.65. The van der Waals surface area contributed by atoms with Crippen molar-refractivity contribution >= 4 is 17.3 Å². The first-order valence-electron chi connectivity index (χ1n) is 8.06. The summed E-state index contributed by atoms with van der Waals surface area (Å²) in [5.74, 6) is 0.218. The number of nitro benzene ring substituents is 1. The molecule has 0 aliphatic carbocycles. The zero-order chi connectivity index (χ0) is 18.7. The summed E-state index contributed by atoms with van der Waals surface area (Å²) in [6.45, 7) is 3.61. The normalized spacial score (nSPS) is 10.5. The predicted molar refractivity (Wildman–Crippen MR) is 96.5 cm³/mol. The van der Waals surface area contributed by atoms with Gasteiger partial charge in [-0.3, -0.25) is 14.9 Å². The monoisotopic (exact) mass is 351 g/mol. The van der Waals surface area contributed by atoms with E-state index in [1.807, 2.05) is 13.0 Å². The first kappa shape index (κ1) is 17.3. The van der Waals surface area contributed by atoms with E-state index in [0.717, 1.165) is 0 Å². The first-order valence-corrected chi connectivity index (χ1v) is 8.06. The molecule has 0 atom stereocenters. The van der Waals surface area contributed by atoms with Crippen molar-refractivity contribution in [3.8, 4) is 5.82 Å². The Morgan fingerprint density at radius 2 is 2.12 bits per heavy atom. The molecule has 3 aromatic rings. The van der Waals surface area contributed by atoms with E-state index in [-0.39, 0.29) is 11.6 Å². The standard InChI is InChI=1S/C18H17N5O3/c1-3-13-7-8-14(10-16(13)23(25)26)21-18(24)15-11-20-22(12(15)2)17-6-4-5-9-19-17/h4-11H,3H2,1-2H3,(H,21,24). The molecule has 0 saturated heterocycles. The van der Waals surface area contributed by atoms with Gasteiger partial charge in [0.25, 0.3) is 11.6 Å². The van der Waals surface area contributed by atoms with E-state index in [1.54, 1.807) is 42.1 Å². The van der Waals surface area contributed by atoms with Gasteiger partial charge >= 0.3 is 0 Å². The average Bonchev–Trinajstić information content (AvgIpc) is 3.04. The predicted octanol–water partition coefficient (Wildman–Crippen LogP) is 3.30. The number of pyridine rings is 1. The lowest BCUT2D eigenvalue weighted by molar-refractivity contribution is -0.385. The second kappa shape index (κ2) is 7.14. The van der Waals surface area contributed by atoms with E-state index in [0.29, 0.717) is 34.7 Å². The van der Waals surface area contributed by atoms with Crippen LogP contribution in [-0.2, 0) is 6.42 Å². The quantitative estimate of drug-likeness (QED) is 0.561. The van der Waals surface area contributed by atoms with Gasteiger partial charge in [-0.15, -0.1) is 0 Å². The zero-order valence-electron chi connectivity index (χ0n) is 14.3. The van der Waals surface area contributed by atoms with Gasteiger partial charge < -0.3 is 5.32 Å². The van der Waals surface area contributed by atoms with Crippen LogP contribution in [0.4, 0.5) is 11.4 Å². The maximum atomic E-state index is 12.6. The number of rotatable bonds is 5. The third kappa shape index (κ3) is 3.30. The van der Waals surface area contributed by atoms with Crippen LogP contribution >= 0.6 is 0 Å². The minimum absolute atomic E-state index is 0.00815. The van der Waals surface area contributed by atoms with Gasteiger partial charge in [-0.05, 0) is 31.5 Å². The molecule has 1 N–H and O–H groups in total. The zero-order valence-corrected chi connectivity index (χ0v) is 14.3. The fourth-order valence-electron chi connectivity index (χ4n) is 2.65. The number of hydrogen-bond donors (Lipinski definition) is 1. The molecule has 2 heterocycles. The Labute approximate surface area is 149 Å². The van der Waals surface area contributed by atoms with Crippen LogP contribution in [0, 0.1) is 17.0 Å². The fourth-order valence-corrected chi connectivity index (χ4v) is 2.65. The number of carbonyl (C=O) groups is 1. The summed E-state index contributed by atoms with van der Waals surface area (Å²) in [5.41, 5.74) is 1.97. The molecule has 1 aromatic carbocycles. The summed E-state index contributed by atoms with van der Waals surface area (Å²) < 4.78 is 1.57. The highest BCUT2D eigenvalue weighted by molar-refractivity contribution is 6.05. The lowest BCUT2D eigenvalue weighted by atomic mass is 10.1. The fraction of sp³-hybridized carbons (Fsp3) is 0.167. The summed E-state index contributed by atoms with van der Waals surface area (Å²) in [6, 6.07) is 10.1. The molecule has 0 unspecified atom stereocenters. The van der Waals surface area contributed by atoms with Crippen LogP contribution in [-0.4, -0.2) is 25.6 Å². The molecule has 8 heteroatoms. The van der Waals surface area contributed by atoms with Crippen LogP contribution < -0.4 is 5.32 Å².